The van der Waals surface area contributed by atoms with Crippen molar-refractivity contribution in [3.05, 3.63) is 186 Å². The van der Waals surface area contributed by atoms with Gasteiger partial charge >= 0.3 is 0 Å². The summed E-state index contributed by atoms with van der Waals surface area (Å²) in [7, 11) is 0. The van der Waals surface area contributed by atoms with E-state index in [9.17, 15) is 0 Å². The Morgan fingerprint density at radius 2 is 1.04 bits per heavy atom. The zero-order chi connectivity index (χ0) is 37.9. The summed E-state index contributed by atoms with van der Waals surface area (Å²) < 4.78 is 3.82. The summed E-state index contributed by atoms with van der Waals surface area (Å²) in [6, 6.07) is 62.2. The van der Waals surface area contributed by atoms with Crippen LogP contribution in [-0.4, -0.2) is 19.5 Å². The van der Waals surface area contributed by atoms with Crippen LogP contribution in [0.1, 0.15) is 29.7 Å². The monoisotopic (exact) mass is 748 g/mol. The minimum atomic E-state index is 0.370. The molecule has 0 fully saturated rings. The number of benzene rings is 7. The number of aromatic nitrogens is 4. The number of para-hydroxylation sites is 1. The van der Waals surface area contributed by atoms with Crippen LogP contribution in [0.5, 0.6) is 0 Å². The Balaban J connectivity index is 1.03. The van der Waals surface area contributed by atoms with Crippen molar-refractivity contribution >= 4 is 55.0 Å². The van der Waals surface area contributed by atoms with E-state index >= 15 is 0 Å². The van der Waals surface area contributed by atoms with E-state index in [4.69, 9.17) is 15.0 Å². The molecule has 57 heavy (non-hydrogen) atoms. The van der Waals surface area contributed by atoms with Crippen molar-refractivity contribution in [2.45, 2.75) is 19.3 Å². The molecule has 1 aliphatic carbocycles. The molecule has 0 N–H and O–H groups in total. The first-order chi connectivity index (χ1) is 28.2. The van der Waals surface area contributed by atoms with Gasteiger partial charge in [-0.25, -0.2) is 15.0 Å². The summed E-state index contributed by atoms with van der Waals surface area (Å²) in [4.78, 5) is 16.4. The highest BCUT2D eigenvalue weighted by Gasteiger charge is 2.26. The molecule has 1 unspecified atom stereocenters. The third-order valence-corrected chi connectivity index (χ3v) is 12.7. The fraction of sp³-hybridized carbons (Fsp3) is 0.0577. The number of rotatable bonds is 6. The van der Waals surface area contributed by atoms with Crippen LogP contribution in [0.15, 0.2) is 176 Å². The van der Waals surface area contributed by atoms with Crippen molar-refractivity contribution in [2.24, 2.45) is 0 Å². The van der Waals surface area contributed by atoms with Crippen LogP contribution < -0.4 is 0 Å². The minimum Gasteiger partial charge on any atom is -0.313 e. The molecule has 4 nitrogen and oxygen atoms in total. The maximum Gasteiger partial charge on any atom is 0.164 e. The van der Waals surface area contributed by atoms with Crippen LogP contribution in [0.3, 0.4) is 0 Å². The molecule has 0 aliphatic heterocycles. The van der Waals surface area contributed by atoms with E-state index in [0.717, 1.165) is 28.7 Å². The molecule has 0 saturated carbocycles. The van der Waals surface area contributed by atoms with Crippen molar-refractivity contribution < 1.29 is 0 Å². The maximum absolute atomic E-state index is 5.03. The highest BCUT2D eigenvalue weighted by atomic mass is 32.1. The van der Waals surface area contributed by atoms with Gasteiger partial charge in [0.05, 0.1) is 11.0 Å². The lowest BCUT2D eigenvalue weighted by Gasteiger charge is -2.22. The topological polar surface area (TPSA) is 43.6 Å². The predicted molar refractivity (Wildman–Crippen MR) is 239 cm³/mol. The number of nitrogens with zero attached hydrogens (tertiary/aromatic N) is 4. The van der Waals surface area contributed by atoms with Crippen molar-refractivity contribution in [3.8, 4) is 56.4 Å². The van der Waals surface area contributed by atoms with Gasteiger partial charge in [-0.1, -0.05) is 159 Å². The summed E-state index contributed by atoms with van der Waals surface area (Å²) in [5.41, 5.74) is 12.9. The predicted octanol–water partition coefficient (Wildman–Crippen LogP) is 14.0. The lowest BCUT2D eigenvalue weighted by Crippen LogP contribution is -2.06. The van der Waals surface area contributed by atoms with Gasteiger partial charge in [-0.15, -0.1) is 11.3 Å². The van der Waals surface area contributed by atoms with Crippen molar-refractivity contribution in [3.63, 3.8) is 0 Å². The van der Waals surface area contributed by atoms with Crippen molar-refractivity contribution in [1.29, 1.82) is 0 Å². The van der Waals surface area contributed by atoms with Gasteiger partial charge in [0, 0.05) is 48.1 Å². The Hall–Kier alpha value is -6.95. The first-order valence-electron chi connectivity index (χ1n) is 19.5. The van der Waals surface area contributed by atoms with Crippen LogP contribution in [0.2, 0.25) is 0 Å². The number of hydrogen-bond donors (Lipinski definition) is 0. The summed E-state index contributed by atoms with van der Waals surface area (Å²) in [6.07, 6.45) is 3.43. The minimum absolute atomic E-state index is 0.370. The van der Waals surface area contributed by atoms with Gasteiger partial charge in [-0.2, -0.15) is 0 Å². The Bertz CT molecular complexity index is 3100. The number of thiophene rings is 1. The van der Waals surface area contributed by atoms with Gasteiger partial charge < -0.3 is 4.57 Å². The molecule has 0 amide bonds. The Morgan fingerprint density at radius 1 is 0.474 bits per heavy atom. The van der Waals surface area contributed by atoms with E-state index in [2.05, 4.69) is 133 Å². The smallest absolute Gasteiger partial charge is 0.164 e. The van der Waals surface area contributed by atoms with Crippen LogP contribution in [-0.2, 0) is 0 Å². The van der Waals surface area contributed by atoms with Gasteiger partial charge in [0.2, 0.25) is 0 Å². The molecule has 1 atom stereocenters. The molecule has 5 heteroatoms. The summed E-state index contributed by atoms with van der Waals surface area (Å²) in [6.45, 7) is 2.39. The summed E-state index contributed by atoms with van der Waals surface area (Å²) in [5.74, 6) is 2.35. The third-order valence-electron chi connectivity index (χ3n) is 11.3. The van der Waals surface area contributed by atoms with Gasteiger partial charge in [-0.3, -0.25) is 0 Å². The average Bonchev–Trinajstić information content (AvgIpc) is 3.83. The van der Waals surface area contributed by atoms with Gasteiger partial charge in [-0.05, 0) is 70.5 Å². The molecule has 10 aromatic rings. The zero-order valence-corrected chi connectivity index (χ0v) is 32.1. The molecule has 3 heterocycles. The van der Waals surface area contributed by atoms with Crippen molar-refractivity contribution in [1.82, 2.24) is 19.5 Å². The molecular formula is C52H36N4S. The first-order valence-corrected chi connectivity index (χ1v) is 20.3. The maximum atomic E-state index is 5.03. The number of fused-ring (bicyclic) bond motifs is 6. The van der Waals surface area contributed by atoms with E-state index in [1.807, 2.05) is 72.0 Å². The molecule has 1 aliphatic rings. The second-order valence-corrected chi connectivity index (χ2v) is 15.9. The van der Waals surface area contributed by atoms with Gasteiger partial charge in [0.25, 0.3) is 0 Å². The third kappa shape index (κ3) is 5.78. The van der Waals surface area contributed by atoms with Crippen LogP contribution in [0.4, 0.5) is 0 Å². The lowest BCUT2D eigenvalue weighted by molar-refractivity contribution is 0.781. The van der Waals surface area contributed by atoms with E-state index < -0.39 is 0 Å². The van der Waals surface area contributed by atoms with Crippen molar-refractivity contribution in [2.75, 3.05) is 0 Å². The molecule has 0 spiro atoms. The van der Waals surface area contributed by atoms with E-state index in [0.29, 0.717) is 23.4 Å². The number of hydrogen-bond acceptors (Lipinski definition) is 4. The Morgan fingerprint density at radius 3 is 1.75 bits per heavy atom. The molecule has 0 bridgehead atoms. The molecule has 0 radical (unpaired) electrons. The van der Waals surface area contributed by atoms with E-state index in [-0.39, 0.29) is 0 Å². The molecule has 0 saturated heterocycles. The standard InChI is InChI=1S/C52H36N4S/c1-33-29-40(56-46-26-12-11-23-42(46)44-31-37(27-28-47(44)56)34-15-5-2-6-16-34)32-45-43-25-14-24-41(49(43)57-48(33)45)38-21-13-22-39(30-38)52-54-50(35-17-7-3-8-18-35)53-51(55-52)36-19-9-4-10-20-36/h2-28,30-33H,29H2,1H3. The Labute approximate surface area is 335 Å². The lowest BCUT2D eigenvalue weighted by atomic mass is 9.91. The molecule has 3 aromatic heterocycles. The SMILES string of the molecule is CC1CC(n2c3ccccc3c3cc(-c4ccccc4)ccc32)=Cc2c1sc1c(-c3cccc(-c4nc(-c5ccccc5)nc(-c5ccccc5)n4)c3)cccc21. The molecule has 7 aromatic carbocycles. The number of allylic oxidation sites excluding steroid dienone is 1. The normalized spacial score (nSPS) is 13.9. The molecule has 270 valence electrons. The average molecular weight is 749 g/mol. The largest absolute Gasteiger partial charge is 0.313 e. The molecule has 11 rings (SSSR count). The zero-order valence-electron chi connectivity index (χ0n) is 31.3. The highest BCUT2D eigenvalue weighted by Crippen LogP contribution is 2.48. The van der Waals surface area contributed by atoms with Crippen LogP contribution >= 0.6 is 11.3 Å². The van der Waals surface area contributed by atoms with Gasteiger partial charge in [0.15, 0.2) is 17.5 Å². The fourth-order valence-electron chi connectivity index (χ4n) is 8.54. The van der Waals surface area contributed by atoms with E-state index in [1.54, 1.807) is 0 Å². The summed E-state index contributed by atoms with van der Waals surface area (Å²) >= 11 is 1.94. The second kappa shape index (κ2) is 13.7. The second-order valence-electron chi connectivity index (χ2n) is 14.9. The first kappa shape index (κ1) is 33.4. The fourth-order valence-corrected chi connectivity index (χ4v) is 9.91. The quantitative estimate of drug-likeness (QED) is 0.170. The molecular weight excluding hydrogens is 713 g/mol. The summed E-state index contributed by atoms with van der Waals surface area (Å²) in [5, 5.41) is 3.87. The van der Waals surface area contributed by atoms with Gasteiger partial charge in [0.1, 0.15) is 0 Å². The highest BCUT2D eigenvalue weighted by molar-refractivity contribution is 7.20. The van der Waals surface area contributed by atoms with Crippen LogP contribution in [0.25, 0.3) is 100 Å². The van der Waals surface area contributed by atoms with Crippen LogP contribution in [0, 0.1) is 0 Å². The van der Waals surface area contributed by atoms with E-state index in [1.165, 1.54) is 64.7 Å². The Kier molecular flexibility index (Phi) is 8.00.